The van der Waals surface area contributed by atoms with Crippen LogP contribution in [-0.4, -0.2) is 29.7 Å². The Kier molecular flexibility index (Phi) is 4.22. The monoisotopic (exact) mass is 344 g/mol. The van der Waals surface area contributed by atoms with E-state index in [1.165, 1.54) is 13.2 Å². The molecular weight excluding hydrogens is 332 g/mol. The highest BCUT2D eigenvalue weighted by Crippen LogP contribution is 2.30. The Hall–Kier alpha value is -2.86. The molecule has 1 aliphatic carbocycles. The fraction of sp³-hybridized carbons (Fsp3) is 0.118. The molecule has 2 N–H and O–H groups in total. The molecule has 1 atom stereocenters. The highest BCUT2D eigenvalue weighted by atomic mass is 35.5. The number of nitrogens with zero attached hydrogens (tertiary/aromatic N) is 1. The first-order valence-electron chi connectivity index (χ1n) is 7.07. The summed E-state index contributed by atoms with van der Waals surface area (Å²) in [6.45, 7) is 0. The molecule has 0 aromatic heterocycles. The maximum absolute atomic E-state index is 12.5. The Bertz CT molecular complexity index is 852. The second kappa shape index (κ2) is 6.33. The Morgan fingerprint density at radius 2 is 2.17 bits per heavy atom. The maximum Gasteiger partial charge on any atom is 0.286 e. The van der Waals surface area contributed by atoms with E-state index >= 15 is 0 Å². The van der Waals surface area contributed by atoms with Crippen LogP contribution in [0.2, 0.25) is 5.02 Å². The predicted molar refractivity (Wildman–Crippen MR) is 90.5 cm³/mol. The molecular formula is C17H13ClN2O4. The van der Waals surface area contributed by atoms with Gasteiger partial charge in [0, 0.05) is 5.02 Å². The fourth-order valence-corrected chi connectivity index (χ4v) is 2.66. The van der Waals surface area contributed by atoms with Gasteiger partial charge in [-0.25, -0.2) is 4.99 Å². The van der Waals surface area contributed by atoms with Crippen molar-refractivity contribution in [2.24, 2.45) is 10.9 Å². The molecule has 0 radical (unpaired) electrons. The van der Waals surface area contributed by atoms with Crippen LogP contribution < -0.4 is 10.1 Å². The van der Waals surface area contributed by atoms with E-state index in [9.17, 15) is 14.7 Å². The molecule has 2 aliphatic rings. The largest absolute Gasteiger partial charge is 0.510 e. The quantitative estimate of drug-likeness (QED) is 0.825. The van der Waals surface area contributed by atoms with Crippen molar-refractivity contribution < 1.29 is 19.4 Å². The first-order chi connectivity index (χ1) is 11.5. The molecule has 2 amide bonds. The van der Waals surface area contributed by atoms with Gasteiger partial charge in [-0.05, 0) is 24.3 Å². The minimum atomic E-state index is -0.794. The third-order valence-corrected chi connectivity index (χ3v) is 3.87. The molecule has 3 rings (SSSR count). The molecule has 1 heterocycles. The number of benzene rings is 1. The third kappa shape index (κ3) is 2.83. The fourth-order valence-electron chi connectivity index (χ4n) is 2.48. The van der Waals surface area contributed by atoms with Gasteiger partial charge in [-0.1, -0.05) is 29.8 Å². The summed E-state index contributed by atoms with van der Waals surface area (Å²) >= 11 is 5.92. The number of fused-ring (bicyclic) bond motifs is 1. The van der Waals surface area contributed by atoms with Gasteiger partial charge in [0.2, 0.25) is 0 Å². The summed E-state index contributed by atoms with van der Waals surface area (Å²) in [6.07, 6.45) is 6.70. The maximum atomic E-state index is 12.5. The topological polar surface area (TPSA) is 88.0 Å². The molecule has 122 valence electrons. The van der Waals surface area contributed by atoms with Crippen LogP contribution in [0.3, 0.4) is 0 Å². The lowest BCUT2D eigenvalue weighted by molar-refractivity contribution is -0.119. The second-order valence-electron chi connectivity index (χ2n) is 5.12. The number of allylic oxidation sites excluding steroid dienone is 4. The van der Waals surface area contributed by atoms with Gasteiger partial charge in [0.05, 0.1) is 24.4 Å². The van der Waals surface area contributed by atoms with Crippen molar-refractivity contribution >= 4 is 34.8 Å². The van der Waals surface area contributed by atoms with Crippen molar-refractivity contribution in [1.82, 2.24) is 0 Å². The van der Waals surface area contributed by atoms with Gasteiger partial charge in [-0.15, -0.1) is 0 Å². The van der Waals surface area contributed by atoms with Crippen molar-refractivity contribution in [1.29, 1.82) is 0 Å². The summed E-state index contributed by atoms with van der Waals surface area (Å²) in [5.74, 6) is -2.12. The van der Waals surface area contributed by atoms with Gasteiger partial charge < -0.3 is 15.2 Å². The minimum Gasteiger partial charge on any atom is -0.510 e. The number of anilines is 1. The van der Waals surface area contributed by atoms with Gasteiger partial charge in [0.1, 0.15) is 17.1 Å². The highest BCUT2D eigenvalue weighted by Gasteiger charge is 2.34. The van der Waals surface area contributed by atoms with Crippen LogP contribution in [0.4, 0.5) is 5.69 Å². The number of nitrogens with one attached hydrogen (secondary N) is 1. The molecule has 6 nitrogen and oxygen atoms in total. The lowest BCUT2D eigenvalue weighted by atomic mass is 9.90. The standard InChI is InChI=1S/C17H13ClN2O4/c1-24-13-7-6-9(18)8-12(13)20-17(23)14-15(21)10-4-2-3-5-11(10)19-16(14)22/h2-8,10,21H,1H3,(H,20,23). The van der Waals surface area contributed by atoms with Crippen molar-refractivity contribution in [2.45, 2.75) is 0 Å². The van der Waals surface area contributed by atoms with E-state index < -0.39 is 23.3 Å². The zero-order chi connectivity index (χ0) is 17.3. The summed E-state index contributed by atoms with van der Waals surface area (Å²) in [7, 11) is 1.44. The average Bonchev–Trinajstić information content (AvgIpc) is 2.55. The Morgan fingerprint density at radius 1 is 1.38 bits per heavy atom. The number of hydrogen-bond donors (Lipinski definition) is 2. The lowest BCUT2D eigenvalue weighted by Gasteiger charge is -2.21. The highest BCUT2D eigenvalue weighted by molar-refractivity contribution is 6.31. The molecule has 1 unspecified atom stereocenters. The smallest absolute Gasteiger partial charge is 0.286 e. The van der Waals surface area contributed by atoms with Crippen molar-refractivity contribution in [3.05, 3.63) is 58.9 Å². The van der Waals surface area contributed by atoms with E-state index in [0.29, 0.717) is 16.5 Å². The van der Waals surface area contributed by atoms with Crippen LogP contribution in [0, 0.1) is 5.92 Å². The molecule has 0 bridgehead atoms. The van der Waals surface area contributed by atoms with E-state index in [1.54, 1.807) is 36.4 Å². The first-order valence-corrected chi connectivity index (χ1v) is 7.45. The molecule has 0 saturated heterocycles. The van der Waals surface area contributed by atoms with Crippen molar-refractivity contribution in [3.63, 3.8) is 0 Å². The van der Waals surface area contributed by atoms with E-state index in [1.807, 2.05) is 0 Å². The normalized spacial score (nSPS) is 19.0. The van der Waals surface area contributed by atoms with Gasteiger partial charge in [0.25, 0.3) is 11.8 Å². The Morgan fingerprint density at radius 3 is 2.92 bits per heavy atom. The minimum absolute atomic E-state index is 0.289. The first kappa shape index (κ1) is 16.0. The summed E-state index contributed by atoms with van der Waals surface area (Å²) in [5.41, 5.74) is 0.291. The molecule has 7 heteroatoms. The summed E-state index contributed by atoms with van der Waals surface area (Å²) in [5, 5.41) is 13.3. The lowest BCUT2D eigenvalue weighted by Crippen LogP contribution is -2.30. The van der Waals surface area contributed by atoms with Gasteiger partial charge in [0.15, 0.2) is 0 Å². The van der Waals surface area contributed by atoms with Crippen molar-refractivity contribution in [2.75, 3.05) is 12.4 Å². The van der Waals surface area contributed by atoms with Crippen LogP contribution in [0.15, 0.2) is 58.8 Å². The number of rotatable bonds is 3. The SMILES string of the molecule is COc1ccc(Cl)cc1NC(=O)C1=C(O)C2C=CC=CC2=NC1=O. The molecule has 0 fully saturated rings. The molecule has 1 aromatic rings. The number of hydrogen-bond acceptors (Lipinski definition) is 4. The zero-order valence-corrected chi connectivity index (χ0v) is 13.4. The zero-order valence-electron chi connectivity index (χ0n) is 12.6. The number of dihydropyridines is 1. The number of amides is 2. The third-order valence-electron chi connectivity index (χ3n) is 3.63. The molecule has 0 saturated carbocycles. The van der Waals surface area contributed by atoms with Crippen LogP contribution >= 0.6 is 11.6 Å². The Labute approximate surface area is 142 Å². The van der Waals surface area contributed by atoms with Crippen LogP contribution in [0.1, 0.15) is 0 Å². The number of methoxy groups -OCH3 is 1. The number of ether oxygens (including phenoxy) is 1. The summed E-state index contributed by atoms with van der Waals surface area (Å²) < 4.78 is 5.14. The molecule has 0 spiro atoms. The van der Waals surface area contributed by atoms with Crippen LogP contribution in [0.5, 0.6) is 5.75 Å². The predicted octanol–water partition coefficient (Wildman–Crippen LogP) is 2.82. The summed E-state index contributed by atoms with van der Waals surface area (Å²) in [4.78, 5) is 28.5. The number of carbonyl (C=O) groups is 2. The van der Waals surface area contributed by atoms with Gasteiger partial charge in [-0.3, -0.25) is 9.59 Å². The van der Waals surface area contributed by atoms with Gasteiger partial charge in [-0.2, -0.15) is 0 Å². The van der Waals surface area contributed by atoms with E-state index in [0.717, 1.165) is 0 Å². The number of aliphatic hydroxyl groups excluding tert-OH is 1. The molecule has 1 aliphatic heterocycles. The average molecular weight is 345 g/mol. The van der Waals surface area contributed by atoms with E-state index in [2.05, 4.69) is 10.3 Å². The number of aliphatic hydroxyl groups is 1. The molecule has 24 heavy (non-hydrogen) atoms. The Balaban J connectivity index is 1.93. The second-order valence-corrected chi connectivity index (χ2v) is 5.56. The van der Waals surface area contributed by atoms with Crippen LogP contribution in [-0.2, 0) is 9.59 Å². The number of aliphatic imine (C=N–C) groups is 1. The summed E-state index contributed by atoms with van der Waals surface area (Å²) in [6, 6.07) is 4.68. The van der Waals surface area contributed by atoms with Gasteiger partial charge >= 0.3 is 0 Å². The number of halogens is 1. The molecule has 1 aromatic carbocycles. The van der Waals surface area contributed by atoms with Crippen molar-refractivity contribution in [3.8, 4) is 5.75 Å². The number of carbonyl (C=O) groups excluding carboxylic acids is 2. The van der Waals surface area contributed by atoms with E-state index in [4.69, 9.17) is 16.3 Å². The van der Waals surface area contributed by atoms with E-state index in [-0.39, 0.29) is 11.4 Å². The van der Waals surface area contributed by atoms with Crippen LogP contribution in [0.25, 0.3) is 0 Å².